The highest BCUT2D eigenvalue weighted by Crippen LogP contribution is 2.28. The molecule has 0 spiro atoms. The van der Waals surface area contributed by atoms with Crippen molar-refractivity contribution < 1.29 is 14.6 Å². The first-order valence-electron chi connectivity index (χ1n) is 7.58. The maximum Gasteiger partial charge on any atom is 0.413 e. The van der Waals surface area contributed by atoms with Crippen molar-refractivity contribution >= 4 is 33.5 Å². The Hall–Kier alpha value is -2.68. The third-order valence-corrected chi connectivity index (χ3v) is 3.86. The number of hydrogen-bond acceptors (Lipinski definition) is 5. The van der Waals surface area contributed by atoms with Crippen LogP contribution in [0.25, 0.3) is 5.65 Å². The van der Waals surface area contributed by atoms with E-state index in [1.54, 1.807) is 36.8 Å². The number of amides is 1. The minimum Gasteiger partial charge on any atom is -0.465 e. The largest absolute Gasteiger partial charge is 0.465 e. The highest BCUT2D eigenvalue weighted by Gasteiger charge is 2.22. The molecule has 0 saturated carbocycles. The topological polar surface area (TPSA) is 92.9 Å². The molecule has 0 saturated heterocycles. The molecule has 0 unspecified atom stereocenters. The molecule has 0 aliphatic rings. The van der Waals surface area contributed by atoms with E-state index in [2.05, 4.69) is 31.0 Å². The molecular weight excluding hydrogens is 390 g/mol. The van der Waals surface area contributed by atoms with Gasteiger partial charge in [0.1, 0.15) is 11.6 Å². The van der Waals surface area contributed by atoms with Crippen molar-refractivity contribution in [1.29, 1.82) is 0 Å². The zero-order valence-corrected chi connectivity index (χ0v) is 15.2. The van der Waals surface area contributed by atoms with Crippen LogP contribution in [0.15, 0.2) is 41.3 Å². The minimum absolute atomic E-state index is 0.140. The lowest BCUT2D eigenvalue weighted by Gasteiger charge is -2.22. The van der Waals surface area contributed by atoms with Gasteiger partial charge in [0.05, 0.1) is 16.9 Å². The van der Waals surface area contributed by atoms with E-state index in [-0.39, 0.29) is 11.8 Å². The molecule has 0 radical (unpaired) electrons. The summed E-state index contributed by atoms with van der Waals surface area (Å²) in [6.07, 6.45) is 3.69. The molecule has 0 fully saturated rings. The van der Waals surface area contributed by atoms with Crippen LogP contribution in [0.4, 0.5) is 10.6 Å². The number of hydrogen-bond donors (Lipinski definition) is 1. The molecule has 1 N–H and O–H groups in total. The molecule has 9 heteroatoms. The van der Waals surface area contributed by atoms with E-state index in [1.807, 2.05) is 13.8 Å². The van der Waals surface area contributed by atoms with Crippen molar-refractivity contribution in [3.63, 3.8) is 0 Å². The van der Waals surface area contributed by atoms with Crippen LogP contribution < -0.4 is 9.64 Å². The van der Waals surface area contributed by atoms with Gasteiger partial charge in [-0.25, -0.2) is 4.79 Å². The molecule has 1 amide bonds. The lowest BCUT2D eigenvalue weighted by molar-refractivity contribution is 0.200. The Morgan fingerprint density at radius 2 is 2.24 bits per heavy atom. The fraction of sp³-hybridized carbons (Fsp3) is 0.250. The summed E-state index contributed by atoms with van der Waals surface area (Å²) in [7, 11) is 0. The second kappa shape index (κ2) is 7.06. The van der Waals surface area contributed by atoms with Crippen LogP contribution in [0.2, 0.25) is 0 Å². The first kappa shape index (κ1) is 17.2. The van der Waals surface area contributed by atoms with Crippen LogP contribution in [0.5, 0.6) is 11.6 Å². The zero-order valence-electron chi connectivity index (χ0n) is 13.6. The Morgan fingerprint density at radius 1 is 1.44 bits per heavy atom. The van der Waals surface area contributed by atoms with Crippen molar-refractivity contribution in [2.75, 3.05) is 11.4 Å². The average Bonchev–Trinajstić information content (AvgIpc) is 2.94. The standard InChI is InChI=1S/C16H16BrN5O3/c1-10(2)9-21(16(23)24)14-6-13(25-11-4-3-5-18-7-11)20-15-12(17)8-19-22(14)15/h3-8,10H,9H2,1-2H3,(H,23,24). The predicted molar refractivity (Wildman–Crippen MR) is 95.2 cm³/mol. The normalized spacial score (nSPS) is 11.0. The fourth-order valence-electron chi connectivity index (χ4n) is 2.31. The number of anilines is 1. The predicted octanol–water partition coefficient (Wildman–Crippen LogP) is 3.82. The minimum atomic E-state index is -1.07. The van der Waals surface area contributed by atoms with Crippen LogP contribution in [-0.2, 0) is 0 Å². The van der Waals surface area contributed by atoms with Gasteiger partial charge in [0.2, 0.25) is 5.88 Å². The van der Waals surface area contributed by atoms with Gasteiger partial charge in [-0.2, -0.15) is 14.6 Å². The van der Waals surface area contributed by atoms with Gasteiger partial charge in [0.15, 0.2) is 5.65 Å². The van der Waals surface area contributed by atoms with Gasteiger partial charge in [0.25, 0.3) is 0 Å². The van der Waals surface area contributed by atoms with E-state index < -0.39 is 6.09 Å². The zero-order chi connectivity index (χ0) is 18.0. The smallest absolute Gasteiger partial charge is 0.413 e. The fourth-order valence-corrected chi connectivity index (χ4v) is 2.65. The van der Waals surface area contributed by atoms with Gasteiger partial charge in [-0.05, 0) is 34.0 Å². The average molecular weight is 406 g/mol. The van der Waals surface area contributed by atoms with Crippen LogP contribution in [0.1, 0.15) is 13.8 Å². The molecule has 0 aliphatic carbocycles. The van der Waals surface area contributed by atoms with Crippen molar-refractivity contribution in [2.45, 2.75) is 13.8 Å². The Morgan fingerprint density at radius 3 is 2.88 bits per heavy atom. The monoisotopic (exact) mass is 405 g/mol. The number of halogens is 1. The number of ether oxygens (including phenoxy) is 1. The Bertz CT molecular complexity index is 897. The SMILES string of the molecule is CC(C)CN(C(=O)O)c1cc(Oc2cccnc2)nc2c(Br)cnn12. The lowest BCUT2D eigenvalue weighted by atomic mass is 10.2. The summed E-state index contributed by atoms with van der Waals surface area (Å²) >= 11 is 3.38. The molecule has 25 heavy (non-hydrogen) atoms. The number of aromatic nitrogens is 4. The molecule has 130 valence electrons. The van der Waals surface area contributed by atoms with E-state index in [4.69, 9.17) is 4.74 Å². The molecule has 3 heterocycles. The maximum absolute atomic E-state index is 11.8. The van der Waals surface area contributed by atoms with Gasteiger partial charge in [0, 0.05) is 18.8 Å². The van der Waals surface area contributed by atoms with Gasteiger partial charge in [-0.3, -0.25) is 9.88 Å². The van der Waals surface area contributed by atoms with Crippen molar-refractivity contribution in [3.8, 4) is 11.6 Å². The molecule has 3 aromatic heterocycles. The van der Waals surface area contributed by atoms with E-state index in [0.29, 0.717) is 28.2 Å². The summed E-state index contributed by atoms with van der Waals surface area (Å²) in [5.74, 6) is 1.26. The summed E-state index contributed by atoms with van der Waals surface area (Å²) in [4.78, 5) is 21.4. The summed E-state index contributed by atoms with van der Waals surface area (Å²) in [5.41, 5.74) is 0.464. The van der Waals surface area contributed by atoms with Gasteiger partial charge in [-0.15, -0.1) is 0 Å². The molecule has 0 aliphatic heterocycles. The second-order valence-corrected chi connectivity index (χ2v) is 6.61. The number of pyridine rings is 1. The second-order valence-electron chi connectivity index (χ2n) is 5.76. The maximum atomic E-state index is 11.8. The molecule has 0 aromatic carbocycles. The van der Waals surface area contributed by atoms with Crippen molar-refractivity contribution in [1.82, 2.24) is 19.6 Å². The van der Waals surface area contributed by atoms with Crippen molar-refractivity contribution in [3.05, 3.63) is 41.3 Å². The number of carbonyl (C=O) groups is 1. The number of fused-ring (bicyclic) bond motifs is 1. The molecule has 8 nitrogen and oxygen atoms in total. The molecule has 3 rings (SSSR count). The summed E-state index contributed by atoms with van der Waals surface area (Å²) < 4.78 is 7.84. The molecule has 3 aromatic rings. The van der Waals surface area contributed by atoms with Crippen LogP contribution in [0.3, 0.4) is 0 Å². The van der Waals surface area contributed by atoms with E-state index in [0.717, 1.165) is 0 Å². The quantitative estimate of drug-likeness (QED) is 0.693. The first-order valence-corrected chi connectivity index (χ1v) is 8.37. The van der Waals surface area contributed by atoms with Crippen LogP contribution >= 0.6 is 15.9 Å². The summed E-state index contributed by atoms with van der Waals surface area (Å²) in [5, 5.41) is 13.8. The molecular formula is C16H16BrN5O3. The third-order valence-electron chi connectivity index (χ3n) is 3.30. The lowest BCUT2D eigenvalue weighted by Crippen LogP contribution is -2.34. The first-order chi connectivity index (χ1) is 12.0. The Labute approximate surface area is 152 Å². The summed E-state index contributed by atoms with van der Waals surface area (Å²) in [6, 6.07) is 5.04. The van der Waals surface area contributed by atoms with E-state index >= 15 is 0 Å². The number of rotatable bonds is 5. The molecule has 0 atom stereocenters. The van der Waals surface area contributed by atoms with Gasteiger partial charge < -0.3 is 9.84 Å². The highest BCUT2D eigenvalue weighted by atomic mass is 79.9. The van der Waals surface area contributed by atoms with E-state index in [1.165, 1.54) is 9.42 Å². The van der Waals surface area contributed by atoms with Gasteiger partial charge >= 0.3 is 6.09 Å². The van der Waals surface area contributed by atoms with E-state index in [9.17, 15) is 9.90 Å². The number of nitrogens with zero attached hydrogens (tertiary/aromatic N) is 5. The van der Waals surface area contributed by atoms with Gasteiger partial charge in [-0.1, -0.05) is 13.8 Å². The Balaban J connectivity index is 2.11. The van der Waals surface area contributed by atoms with Crippen molar-refractivity contribution in [2.24, 2.45) is 5.92 Å². The van der Waals surface area contributed by atoms with Crippen LogP contribution in [-0.4, -0.2) is 37.3 Å². The summed E-state index contributed by atoms with van der Waals surface area (Å²) in [6.45, 7) is 4.21. The third kappa shape index (κ3) is 3.71. The Kier molecular flexibility index (Phi) is 4.84. The van der Waals surface area contributed by atoms with Crippen LogP contribution in [0, 0.1) is 5.92 Å². The molecule has 0 bridgehead atoms. The number of carboxylic acid groups (broad SMARTS) is 1. The highest BCUT2D eigenvalue weighted by molar-refractivity contribution is 9.10.